The molecule has 2 nitrogen and oxygen atoms in total. The van der Waals surface area contributed by atoms with Gasteiger partial charge >= 0.3 is 0 Å². The molecule has 0 radical (unpaired) electrons. The molecule has 37 heavy (non-hydrogen) atoms. The summed E-state index contributed by atoms with van der Waals surface area (Å²) in [5, 5.41) is 0. The first-order chi connectivity index (χ1) is 18.3. The number of hydrogen-bond acceptors (Lipinski definition) is 2. The molecule has 0 fully saturated rings. The van der Waals surface area contributed by atoms with E-state index in [1.807, 2.05) is 0 Å². The molecule has 1 rings (SSSR count). The fraction of sp³-hybridized carbons (Fsp3) is 0.943. The van der Waals surface area contributed by atoms with Crippen molar-refractivity contribution in [2.45, 2.75) is 200 Å². The third kappa shape index (κ3) is 20.0. The number of rotatable bonds is 29. The van der Waals surface area contributed by atoms with E-state index in [9.17, 15) is 0 Å². The summed E-state index contributed by atoms with van der Waals surface area (Å²) in [6.45, 7) is 9.46. The Kier molecular flexibility index (Phi) is 25.0. The van der Waals surface area contributed by atoms with Gasteiger partial charge in [-0.25, -0.2) is 0 Å². The highest BCUT2D eigenvalue weighted by atomic mass is 15.4. The number of hydrogen-bond donors (Lipinski definition) is 0. The van der Waals surface area contributed by atoms with Crippen LogP contribution in [0.3, 0.4) is 0 Å². The van der Waals surface area contributed by atoms with Gasteiger partial charge in [0, 0.05) is 25.5 Å². The summed E-state index contributed by atoms with van der Waals surface area (Å²) in [4.78, 5) is 5.39. The van der Waals surface area contributed by atoms with Crippen LogP contribution in [0.15, 0.2) is 12.4 Å². The number of unbranched alkanes of at least 4 members (excludes halogenated alkanes) is 23. The average Bonchev–Trinajstić information content (AvgIpc) is 3.29. The molecule has 1 heterocycles. The predicted molar refractivity (Wildman–Crippen MR) is 168 cm³/mol. The maximum Gasteiger partial charge on any atom is 0.101 e. The van der Waals surface area contributed by atoms with E-state index in [2.05, 4.69) is 43.0 Å². The molecule has 0 spiro atoms. The van der Waals surface area contributed by atoms with Crippen LogP contribution in [-0.2, 0) is 0 Å². The van der Waals surface area contributed by atoms with Crippen LogP contribution in [0, 0.1) is 0 Å². The largest absolute Gasteiger partial charge is 0.356 e. The summed E-state index contributed by atoms with van der Waals surface area (Å²) in [5.41, 5.74) is 0. The van der Waals surface area contributed by atoms with Crippen LogP contribution in [0.25, 0.3) is 0 Å². The highest BCUT2D eigenvalue weighted by molar-refractivity contribution is 4.97. The van der Waals surface area contributed by atoms with Crippen molar-refractivity contribution in [3.63, 3.8) is 0 Å². The SMILES string of the molecule is CCCCCCCCCCCCCCCCC1N(CCCCCCCC)C=CN1CCCCCCCC. The second kappa shape index (κ2) is 26.9. The Bertz CT molecular complexity index is 448. The lowest BCUT2D eigenvalue weighted by atomic mass is 10.0. The second-order valence-electron chi connectivity index (χ2n) is 12.2. The Hall–Kier alpha value is -0.660. The van der Waals surface area contributed by atoms with Gasteiger partial charge in [0.05, 0.1) is 0 Å². The van der Waals surface area contributed by atoms with E-state index < -0.39 is 0 Å². The Labute approximate surface area is 235 Å². The van der Waals surface area contributed by atoms with Crippen molar-refractivity contribution in [1.29, 1.82) is 0 Å². The Balaban J connectivity index is 2.17. The Morgan fingerprint density at radius 3 is 0.946 bits per heavy atom. The molecule has 0 unspecified atom stereocenters. The zero-order valence-corrected chi connectivity index (χ0v) is 26.1. The molecule has 220 valence electrons. The minimum atomic E-state index is 0.642. The molecule has 2 heteroatoms. The molecule has 1 aliphatic heterocycles. The molecular formula is C35H70N2. The smallest absolute Gasteiger partial charge is 0.101 e. The first-order valence-corrected chi connectivity index (χ1v) is 17.5. The van der Waals surface area contributed by atoms with E-state index in [1.165, 1.54) is 186 Å². The molecule has 0 saturated heterocycles. The van der Waals surface area contributed by atoms with Crippen molar-refractivity contribution < 1.29 is 0 Å². The van der Waals surface area contributed by atoms with Gasteiger partial charge < -0.3 is 9.80 Å². The minimum Gasteiger partial charge on any atom is -0.356 e. The average molecular weight is 519 g/mol. The summed E-state index contributed by atoms with van der Waals surface area (Å²) in [6, 6.07) is 0. The van der Waals surface area contributed by atoms with E-state index in [0.29, 0.717) is 6.17 Å². The zero-order chi connectivity index (χ0) is 26.7. The lowest BCUT2D eigenvalue weighted by Gasteiger charge is -2.33. The zero-order valence-electron chi connectivity index (χ0n) is 26.1. The van der Waals surface area contributed by atoms with E-state index in [4.69, 9.17) is 0 Å². The van der Waals surface area contributed by atoms with E-state index in [-0.39, 0.29) is 0 Å². The molecule has 0 amide bonds. The van der Waals surface area contributed by atoms with Gasteiger partial charge in [0.2, 0.25) is 0 Å². The minimum absolute atomic E-state index is 0.642. The van der Waals surface area contributed by atoms with Gasteiger partial charge in [0.15, 0.2) is 0 Å². The topological polar surface area (TPSA) is 6.48 Å². The van der Waals surface area contributed by atoms with Crippen LogP contribution in [0.2, 0.25) is 0 Å². The van der Waals surface area contributed by atoms with Crippen LogP contribution in [0.1, 0.15) is 194 Å². The first-order valence-electron chi connectivity index (χ1n) is 17.5. The summed E-state index contributed by atoms with van der Waals surface area (Å²) in [6.07, 6.45) is 44.0. The van der Waals surface area contributed by atoms with Gasteiger partial charge in [0.1, 0.15) is 6.17 Å². The maximum atomic E-state index is 2.69. The Morgan fingerprint density at radius 1 is 0.351 bits per heavy atom. The van der Waals surface area contributed by atoms with E-state index >= 15 is 0 Å². The molecule has 0 aromatic heterocycles. The van der Waals surface area contributed by atoms with Crippen LogP contribution in [0.4, 0.5) is 0 Å². The van der Waals surface area contributed by atoms with Crippen LogP contribution < -0.4 is 0 Å². The van der Waals surface area contributed by atoms with Gasteiger partial charge in [-0.1, -0.05) is 168 Å². The molecule has 0 aliphatic carbocycles. The molecule has 0 atom stereocenters. The number of nitrogens with zero attached hydrogens (tertiary/aromatic N) is 2. The van der Waals surface area contributed by atoms with Crippen LogP contribution in [-0.4, -0.2) is 29.1 Å². The van der Waals surface area contributed by atoms with Gasteiger partial charge in [-0.05, 0) is 25.7 Å². The lowest BCUT2D eigenvalue weighted by Crippen LogP contribution is -2.39. The van der Waals surface area contributed by atoms with Gasteiger partial charge in [-0.15, -0.1) is 0 Å². The van der Waals surface area contributed by atoms with E-state index in [0.717, 1.165) is 0 Å². The highest BCUT2D eigenvalue weighted by Crippen LogP contribution is 2.24. The van der Waals surface area contributed by atoms with Crippen molar-refractivity contribution in [2.24, 2.45) is 0 Å². The molecule has 0 N–H and O–H groups in total. The summed E-state index contributed by atoms with van der Waals surface area (Å²) in [5.74, 6) is 0. The lowest BCUT2D eigenvalue weighted by molar-refractivity contribution is 0.135. The fourth-order valence-electron chi connectivity index (χ4n) is 6.01. The van der Waals surface area contributed by atoms with Gasteiger partial charge in [-0.3, -0.25) is 0 Å². The van der Waals surface area contributed by atoms with E-state index in [1.54, 1.807) is 0 Å². The maximum absolute atomic E-state index is 2.69. The van der Waals surface area contributed by atoms with Crippen molar-refractivity contribution in [3.8, 4) is 0 Å². The third-order valence-electron chi connectivity index (χ3n) is 8.57. The quantitative estimate of drug-likeness (QED) is 0.0908. The van der Waals surface area contributed by atoms with Gasteiger partial charge in [0.25, 0.3) is 0 Å². The Morgan fingerprint density at radius 2 is 0.622 bits per heavy atom. The highest BCUT2D eigenvalue weighted by Gasteiger charge is 2.24. The monoisotopic (exact) mass is 519 g/mol. The van der Waals surface area contributed by atoms with Crippen molar-refractivity contribution >= 4 is 0 Å². The summed E-state index contributed by atoms with van der Waals surface area (Å²) < 4.78 is 0. The normalized spacial score (nSPS) is 13.9. The first kappa shape index (κ1) is 34.4. The van der Waals surface area contributed by atoms with Gasteiger partial charge in [-0.2, -0.15) is 0 Å². The van der Waals surface area contributed by atoms with Crippen molar-refractivity contribution in [2.75, 3.05) is 13.1 Å². The van der Waals surface area contributed by atoms with Crippen LogP contribution in [0.5, 0.6) is 0 Å². The second-order valence-corrected chi connectivity index (χ2v) is 12.2. The molecule has 0 aromatic rings. The molecule has 0 saturated carbocycles. The molecule has 0 aromatic carbocycles. The fourth-order valence-corrected chi connectivity index (χ4v) is 6.01. The van der Waals surface area contributed by atoms with Crippen molar-refractivity contribution in [3.05, 3.63) is 12.4 Å². The predicted octanol–water partition coefficient (Wildman–Crippen LogP) is 12.0. The third-order valence-corrected chi connectivity index (χ3v) is 8.57. The molecular weight excluding hydrogens is 448 g/mol. The van der Waals surface area contributed by atoms with Crippen LogP contribution >= 0.6 is 0 Å². The summed E-state index contributed by atoms with van der Waals surface area (Å²) in [7, 11) is 0. The molecule has 1 aliphatic rings. The van der Waals surface area contributed by atoms with Crippen molar-refractivity contribution in [1.82, 2.24) is 9.80 Å². The summed E-state index contributed by atoms with van der Waals surface area (Å²) >= 11 is 0. The standard InChI is InChI=1S/C35H70N2/c1-4-7-10-13-16-17-18-19-20-21-22-23-24-27-30-35-36(31-28-25-14-11-8-5-2)33-34-37(35)32-29-26-15-12-9-6-3/h33-35H,4-32H2,1-3H3. The molecule has 0 bridgehead atoms.